The second-order valence-corrected chi connectivity index (χ2v) is 6.00. The molecule has 0 unspecified atom stereocenters. The van der Waals surface area contributed by atoms with E-state index in [1.807, 2.05) is 37.3 Å². The molecule has 0 aliphatic rings. The molecule has 0 aliphatic carbocycles. The third kappa shape index (κ3) is 7.49. The molecule has 2 rings (SSSR count). The van der Waals surface area contributed by atoms with Crippen LogP contribution in [-0.2, 0) is 16.0 Å². The number of hydrogen-bond acceptors (Lipinski definition) is 4. The number of benzene rings is 2. The van der Waals surface area contributed by atoms with Crippen LogP contribution in [0, 0.1) is 0 Å². The van der Waals surface area contributed by atoms with Crippen molar-refractivity contribution in [3.8, 4) is 5.75 Å². The highest BCUT2D eigenvalue weighted by Crippen LogP contribution is 2.12. The molecule has 2 aromatic rings. The molecular weight excluding hydrogens is 358 g/mol. The Hall–Kier alpha value is -3.35. The summed E-state index contributed by atoms with van der Waals surface area (Å²) < 4.78 is 5.36. The lowest BCUT2D eigenvalue weighted by atomic mass is 10.1. The molecule has 0 aromatic heterocycles. The molecule has 0 atom stereocenters. The van der Waals surface area contributed by atoms with Crippen LogP contribution >= 0.6 is 0 Å². The fraction of sp³-hybridized carbons (Fsp3) is 0.286. The average molecular weight is 383 g/mol. The zero-order chi connectivity index (χ0) is 20.2. The van der Waals surface area contributed by atoms with Crippen LogP contribution in [0.1, 0.15) is 22.8 Å². The Balaban J connectivity index is 1.59. The van der Waals surface area contributed by atoms with Crippen molar-refractivity contribution in [3.05, 3.63) is 65.7 Å². The predicted molar refractivity (Wildman–Crippen MR) is 106 cm³/mol. The number of nitrogens with one attached hydrogen (secondary N) is 3. The highest BCUT2D eigenvalue weighted by molar-refractivity contribution is 5.96. The quantitative estimate of drug-likeness (QED) is 0.539. The Bertz CT molecular complexity index is 776. The van der Waals surface area contributed by atoms with Crippen molar-refractivity contribution < 1.29 is 19.1 Å². The van der Waals surface area contributed by atoms with Crippen LogP contribution in [0.5, 0.6) is 5.75 Å². The molecule has 0 saturated heterocycles. The summed E-state index contributed by atoms with van der Waals surface area (Å²) in [6.45, 7) is 3.00. The van der Waals surface area contributed by atoms with E-state index >= 15 is 0 Å². The summed E-state index contributed by atoms with van der Waals surface area (Å²) >= 11 is 0. The molecule has 0 saturated carbocycles. The summed E-state index contributed by atoms with van der Waals surface area (Å²) in [5.74, 6) is 0.0222. The van der Waals surface area contributed by atoms with Gasteiger partial charge in [-0.15, -0.1) is 0 Å². The molecule has 0 bridgehead atoms. The van der Waals surface area contributed by atoms with Crippen molar-refractivity contribution in [1.82, 2.24) is 16.0 Å². The predicted octanol–water partition coefficient (Wildman–Crippen LogP) is 1.29. The minimum Gasteiger partial charge on any atom is -0.494 e. The lowest BCUT2D eigenvalue weighted by Crippen LogP contribution is -2.40. The van der Waals surface area contributed by atoms with Crippen molar-refractivity contribution in [1.29, 1.82) is 0 Å². The lowest BCUT2D eigenvalue weighted by molar-refractivity contribution is -0.122. The van der Waals surface area contributed by atoms with E-state index in [2.05, 4.69) is 16.0 Å². The lowest BCUT2D eigenvalue weighted by Gasteiger charge is -2.09. The van der Waals surface area contributed by atoms with Gasteiger partial charge in [0, 0.05) is 18.7 Å². The van der Waals surface area contributed by atoms with Gasteiger partial charge in [-0.2, -0.15) is 0 Å². The molecule has 3 N–H and O–H groups in total. The number of carbonyl (C=O) groups is 3. The number of ether oxygens (including phenoxy) is 1. The van der Waals surface area contributed by atoms with Gasteiger partial charge >= 0.3 is 0 Å². The molecule has 3 amide bonds. The first-order valence-electron chi connectivity index (χ1n) is 9.17. The molecule has 7 heteroatoms. The van der Waals surface area contributed by atoms with Crippen LogP contribution in [0.15, 0.2) is 54.6 Å². The highest BCUT2D eigenvalue weighted by Gasteiger charge is 2.07. The van der Waals surface area contributed by atoms with Gasteiger partial charge in [0.05, 0.1) is 19.6 Å². The van der Waals surface area contributed by atoms with E-state index in [0.29, 0.717) is 18.7 Å². The van der Waals surface area contributed by atoms with Gasteiger partial charge in [0.25, 0.3) is 5.91 Å². The minimum absolute atomic E-state index is 0.117. The monoisotopic (exact) mass is 383 g/mol. The topological polar surface area (TPSA) is 96.5 Å². The Kier molecular flexibility index (Phi) is 8.52. The van der Waals surface area contributed by atoms with E-state index in [4.69, 9.17) is 4.74 Å². The summed E-state index contributed by atoms with van der Waals surface area (Å²) in [6, 6.07) is 16.0. The van der Waals surface area contributed by atoms with E-state index in [0.717, 1.165) is 11.3 Å². The van der Waals surface area contributed by atoms with Gasteiger partial charge < -0.3 is 20.7 Å². The van der Waals surface area contributed by atoms with Gasteiger partial charge in [0.1, 0.15) is 5.75 Å². The van der Waals surface area contributed by atoms with E-state index in [1.54, 1.807) is 24.3 Å². The maximum absolute atomic E-state index is 11.9. The third-order valence-electron chi connectivity index (χ3n) is 3.81. The van der Waals surface area contributed by atoms with Crippen molar-refractivity contribution in [3.63, 3.8) is 0 Å². The number of rotatable bonds is 10. The van der Waals surface area contributed by atoms with Gasteiger partial charge in [0.2, 0.25) is 11.8 Å². The Morgan fingerprint density at radius 3 is 2.11 bits per heavy atom. The standard InChI is InChI=1S/C21H25N3O4/c1-2-28-18-10-8-16(9-11-18)14-19(25)22-12-13-23-20(26)15-24-21(27)17-6-4-3-5-7-17/h3-11H,2,12-15H2,1H3,(H,22,25)(H,23,26)(H,24,27). The molecule has 0 spiro atoms. The van der Waals surface area contributed by atoms with Crippen molar-refractivity contribution in [2.45, 2.75) is 13.3 Å². The molecular formula is C21H25N3O4. The summed E-state index contributed by atoms with van der Waals surface area (Å²) in [5, 5.41) is 7.94. The van der Waals surface area contributed by atoms with Crippen LogP contribution < -0.4 is 20.7 Å². The van der Waals surface area contributed by atoms with Gasteiger partial charge in [-0.25, -0.2) is 0 Å². The Morgan fingerprint density at radius 1 is 0.821 bits per heavy atom. The van der Waals surface area contributed by atoms with Gasteiger partial charge in [-0.05, 0) is 36.8 Å². The Labute approximate surface area is 164 Å². The van der Waals surface area contributed by atoms with Crippen LogP contribution in [0.25, 0.3) is 0 Å². The smallest absolute Gasteiger partial charge is 0.251 e. The maximum Gasteiger partial charge on any atom is 0.251 e. The molecule has 2 aromatic carbocycles. The number of amides is 3. The summed E-state index contributed by atoms with van der Waals surface area (Å²) in [6.07, 6.45) is 0.257. The van der Waals surface area contributed by atoms with Crippen LogP contribution in [0.3, 0.4) is 0 Å². The van der Waals surface area contributed by atoms with Gasteiger partial charge in [0.15, 0.2) is 0 Å². The highest BCUT2D eigenvalue weighted by atomic mass is 16.5. The molecule has 0 heterocycles. The summed E-state index contributed by atoms with van der Waals surface area (Å²) in [5.41, 5.74) is 1.38. The molecule has 0 radical (unpaired) electrons. The van der Waals surface area contributed by atoms with Gasteiger partial charge in [-0.1, -0.05) is 30.3 Å². The van der Waals surface area contributed by atoms with E-state index in [-0.39, 0.29) is 37.2 Å². The molecule has 28 heavy (non-hydrogen) atoms. The second-order valence-electron chi connectivity index (χ2n) is 6.00. The first kappa shape index (κ1) is 21.0. The van der Waals surface area contributed by atoms with E-state index < -0.39 is 0 Å². The van der Waals surface area contributed by atoms with Crippen molar-refractivity contribution in [2.24, 2.45) is 0 Å². The fourth-order valence-corrected chi connectivity index (χ4v) is 2.44. The first-order valence-corrected chi connectivity index (χ1v) is 9.17. The van der Waals surface area contributed by atoms with E-state index in [1.165, 1.54) is 0 Å². The zero-order valence-electron chi connectivity index (χ0n) is 15.9. The minimum atomic E-state index is -0.315. The van der Waals surface area contributed by atoms with E-state index in [9.17, 15) is 14.4 Å². The van der Waals surface area contributed by atoms with Crippen LogP contribution in [0.4, 0.5) is 0 Å². The maximum atomic E-state index is 11.9. The normalized spacial score (nSPS) is 10.0. The fourth-order valence-electron chi connectivity index (χ4n) is 2.44. The Morgan fingerprint density at radius 2 is 1.46 bits per heavy atom. The molecule has 0 fully saturated rings. The number of hydrogen-bond donors (Lipinski definition) is 3. The van der Waals surface area contributed by atoms with Crippen molar-refractivity contribution >= 4 is 17.7 Å². The summed E-state index contributed by atoms with van der Waals surface area (Å²) in [4.78, 5) is 35.5. The number of carbonyl (C=O) groups excluding carboxylic acids is 3. The molecule has 0 aliphatic heterocycles. The van der Waals surface area contributed by atoms with Gasteiger partial charge in [-0.3, -0.25) is 14.4 Å². The van der Waals surface area contributed by atoms with Crippen LogP contribution in [0.2, 0.25) is 0 Å². The largest absolute Gasteiger partial charge is 0.494 e. The van der Waals surface area contributed by atoms with Crippen molar-refractivity contribution in [2.75, 3.05) is 26.2 Å². The SMILES string of the molecule is CCOc1ccc(CC(=O)NCCNC(=O)CNC(=O)c2ccccc2)cc1. The zero-order valence-corrected chi connectivity index (χ0v) is 15.9. The second kappa shape index (κ2) is 11.4. The van der Waals surface area contributed by atoms with Crippen LogP contribution in [-0.4, -0.2) is 44.0 Å². The average Bonchev–Trinajstić information content (AvgIpc) is 2.71. The first-order chi connectivity index (χ1) is 13.6. The third-order valence-corrected chi connectivity index (χ3v) is 3.81. The summed E-state index contributed by atoms with van der Waals surface area (Å²) in [7, 11) is 0. The molecule has 7 nitrogen and oxygen atoms in total. The molecule has 148 valence electrons.